The third-order valence-corrected chi connectivity index (χ3v) is 6.27. The molecule has 0 spiro atoms. The van der Waals surface area contributed by atoms with Gasteiger partial charge in [-0.3, -0.25) is 9.59 Å². The van der Waals surface area contributed by atoms with E-state index in [1.54, 1.807) is 4.90 Å². The molecule has 0 heterocycles. The predicted octanol–water partition coefficient (Wildman–Crippen LogP) is 6.46. The monoisotopic (exact) mass is 456 g/mol. The fourth-order valence-corrected chi connectivity index (χ4v) is 4.02. The molecule has 2 unspecified atom stereocenters. The maximum Gasteiger partial charge on any atom is 0.254 e. The molecule has 178 valence electrons. The van der Waals surface area contributed by atoms with Gasteiger partial charge in [0, 0.05) is 18.5 Å². The van der Waals surface area contributed by atoms with Crippen LogP contribution in [0.5, 0.6) is 0 Å². The molecule has 0 fully saturated rings. The topological polar surface area (TPSA) is 49.4 Å². The fourth-order valence-electron chi connectivity index (χ4n) is 4.02. The maximum absolute atomic E-state index is 13.6. The minimum absolute atomic E-state index is 0.0200. The molecule has 34 heavy (non-hydrogen) atoms. The number of amides is 2. The van der Waals surface area contributed by atoms with Crippen LogP contribution in [0.3, 0.4) is 0 Å². The lowest BCUT2D eigenvalue weighted by Gasteiger charge is -2.30. The van der Waals surface area contributed by atoms with Gasteiger partial charge in [-0.15, -0.1) is 0 Å². The number of hydrogen-bond acceptors (Lipinski definition) is 2. The number of rotatable bonds is 8. The summed E-state index contributed by atoms with van der Waals surface area (Å²) in [5.74, 6) is -0.141. The molecule has 0 radical (unpaired) electrons. The molecule has 3 aromatic carbocycles. The van der Waals surface area contributed by atoms with Crippen molar-refractivity contribution in [2.45, 2.75) is 58.5 Å². The Balaban J connectivity index is 1.75. The quantitative estimate of drug-likeness (QED) is 0.423. The zero-order valence-corrected chi connectivity index (χ0v) is 20.9. The van der Waals surface area contributed by atoms with E-state index >= 15 is 0 Å². The Kier molecular flexibility index (Phi) is 8.27. The molecule has 0 aliphatic heterocycles. The summed E-state index contributed by atoms with van der Waals surface area (Å²) >= 11 is 0. The third kappa shape index (κ3) is 6.57. The van der Waals surface area contributed by atoms with Crippen LogP contribution in [0, 0.1) is 0 Å². The molecule has 2 amide bonds. The van der Waals surface area contributed by atoms with Crippen LogP contribution in [0.4, 0.5) is 0 Å². The average molecular weight is 457 g/mol. The molecule has 0 bridgehead atoms. The maximum atomic E-state index is 13.6. The van der Waals surface area contributed by atoms with Crippen LogP contribution in [0.15, 0.2) is 84.9 Å². The van der Waals surface area contributed by atoms with Gasteiger partial charge in [0.1, 0.15) is 0 Å². The van der Waals surface area contributed by atoms with Crippen LogP contribution in [-0.4, -0.2) is 23.3 Å². The Labute approximate surface area is 204 Å². The Morgan fingerprint density at radius 1 is 0.794 bits per heavy atom. The van der Waals surface area contributed by atoms with Gasteiger partial charge in [-0.25, -0.2) is 0 Å². The van der Waals surface area contributed by atoms with Crippen LogP contribution in [0.25, 0.3) is 0 Å². The molecule has 0 aliphatic rings. The number of hydrogen-bond donors (Lipinski definition) is 1. The summed E-state index contributed by atoms with van der Waals surface area (Å²) < 4.78 is 0. The van der Waals surface area contributed by atoms with E-state index in [-0.39, 0.29) is 35.7 Å². The molecule has 3 rings (SSSR count). The highest BCUT2D eigenvalue weighted by molar-refractivity contribution is 5.94. The SMILES string of the molecule is CC(NC(=O)CCN(C(=O)c1ccc(C(C)(C)C)cc1)C(C)c1ccccc1)c1ccccc1. The van der Waals surface area contributed by atoms with Gasteiger partial charge in [-0.1, -0.05) is 93.6 Å². The standard InChI is InChI=1S/C30H36N2O2/c1-22(24-12-8-6-9-13-24)31-28(33)20-21-32(23(2)25-14-10-7-11-15-25)29(34)26-16-18-27(19-17-26)30(3,4)5/h6-19,22-23H,20-21H2,1-5H3,(H,31,33). The minimum atomic E-state index is -0.157. The Bertz CT molecular complexity index is 1070. The molecule has 4 heteroatoms. The Morgan fingerprint density at radius 3 is 1.85 bits per heavy atom. The predicted molar refractivity (Wildman–Crippen MR) is 139 cm³/mol. The van der Waals surface area contributed by atoms with Gasteiger partial charge < -0.3 is 10.2 Å². The number of benzene rings is 3. The van der Waals surface area contributed by atoms with Crippen molar-refractivity contribution in [2.24, 2.45) is 0 Å². The number of carbonyl (C=O) groups is 2. The molecule has 0 saturated carbocycles. The molecular weight excluding hydrogens is 420 g/mol. The Morgan fingerprint density at radius 2 is 1.32 bits per heavy atom. The lowest BCUT2D eigenvalue weighted by atomic mass is 9.86. The summed E-state index contributed by atoms with van der Waals surface area (Å²) in [6.07, 6.45) is 0.236. The van der Waals surface area contributed by atoms with E-state index in [4.69, 9.17) is 0 Å². The van der Waals surface area contributed by atoms with E-state index in [9.17, 15) is 9.59 Å². The summed E-state index contributed by atoms with van der Waals surface area (Å²) in [6, 6.07) is 27.4. The van der Waals surface area contributed by atoms with Gasteiger partial charge >= 0.3 is 0 Å². The lowest BCUT2D eigenvalue weighted by molar-refractivity contribution is -0.122. The van der Waals surface area contributed by atoms with Crippen LogP contribution in [0.1, 0.15) is 80.2 Å². The van der Waals surface area contributed by atoms with Crippen LogP contribution < -0.4 is 5.32 Å². The summed E-state index contributed by atoms with van der Waals surface area (Å²) in [6.45, 7) is 10.8. The average Bonchev–Trinajstić information content (AvgIpc) is 2.84. The first kappa shape index (κ1) is 25.2. The van der Waals surface area contributed by atoms with E-state index in [1.165, 1.54) is 5.56 Å². The van der Waals surface area contributed by atoms with E-state index in [1.807, 2.05) is 98.8 Å². The first-order valence-electron chi connectivity index (χ1n) is 12.0. The zero-order chi connectivity index (χ0) is 24.7. The van der Waals surface area contributed by atoms with Gasteiger partial charge in [0.2, 0.25) is 5.91 Å². The van der Waals surface area contributed by atoms with Crippen molar-refractivity contribution in [3.63, 3.8) is 0 Å². The van der Waals surface area contributed by atoms with Crippen molar-refractivity contribution < 1.29 is 9.59 Å². The Hall–Kier alpha value is -3.40. The number of nitrogens with one attached hydrogen (secondary N) is 1. The summed E-state index contributed by atoms with van der Waals surface area (Å²) in [4.78, 5) is 28.1. The fraction of sp³-hybridized carbons (Fsp3) is 0.333. The molecule has 3 aromatic rings. The molecule has 0 saturated heterocycles. The first-order chi connectivity index (χ1) is 16.2. The van der Waals surface area contributed by atoms with E-state index in [2.05, 4.69) is 26.1 Å². The smallest absolute Gasteiger partial charge is 0.254 e. The summed E-state index contributed by atoms with van der Waals surface area (Å²) in [7, 11) is 0. The highest BCUT2D eigenvalue weighted by Gasteiger charge is 2.24. The highest BCUT2D eigenvalue weighted by atomic mass is 16.2. The number of nitrogens with zero attached hydrogens (tertiary/aromatic N) is 1. The molecule has 1 N–H and O–H groups in total. The van der Waals surface area contributed by atoms with Gasteiger partial charge in [0.25, 0.3) is 5.91 Å². The second-order valence-electron chi connectivity index (χ2n) is 9.86. The summed E-state index contributed by atoms with van der Waals surface area (Å²) in [5.41, 5.74) is 3.93. The van der Waals surface area contributed by atoms with Gasteiger partial charge in [-0.2, -0.15) is 0 Å². The van der Waals surface area contributed by atoms with Crippen molar-refractivity contribution in [3.8, 4) is 0 Å². The van der Waals surface area contributed by atoms with Gasteiger partial charge in [0.05, 0.1) is 12.1 Å². The lowest BCUT2D eigenvalue weighted by Crippen LogP contribution is -2.37. The van der Waals surface area contributed by atoms with Crippen molar-refractivity contribution in [3.05, 3.63) is 107 Å². The molecule has 2 atom stereocenters. The van der Waals surface area contributed by atoms with E-state index in [0.29, 0.717) is 12.1 Å². The second-order valence-corrected chi connectivity index (χ2v) is 9.86. The molecular formula is C30H36N2O2. The largest absolute Gasteiger partial charge is 0.350 e. The minimum Gasteiger partial charge on any atom is -0.350 e. The zero-order valence-electron chi connectivity index (χ0n) is 20.9. The highest BCUT2D eigenvalue weighted by Crippen LogP contribution is 2.25. The van der Waals surface area contributed by atoms with Gasteiger partial charge in [0.15, 0.2) is 0 Å². The van der Waals surface area contributed by atoms with Crippen molar-refractivity contribution in [1.82, 2.24) is 10.2 Å². The van der Waals surface area contributed by atoms with Crippen molar-refractivity contribution >= 4 is 11.8 Å². The van der Waals surface area contributed by atoms with Gasteiger partial charge in [-0.05, 0) is 48.1 Å². The van der Waals surface area contributed by atoms with Crippen LogP contribution >= 0.6 is 0 Å². The third-order valence-electron chi connectivity index (χ3n) is 6.27. The van der Waals surface area contributed by atoms with E-state index in [0.717, 1.165) is 11.1 Å². The molecule has 0 aliphatic carbocycles. The normalized spacial score (nSPS) is 13.1. The number of carbonyl (C=O) groups excluding carboxylic acids is 2. The molecule has 4 nitrogen and oxygen atoms in total. The summed E-state index contributed by atoms with van der Waals surface area (Å²) in [5, 5.41) is 3.06. The van der Waals surface area contributed by atoms with Crippen LogP contribution in [0.2, 0.25) is 0 Å². The second kappa shape index (κ2) is 11.1. The van der Waals surface area contributed by atoms with Crippen LogP contribution in [-0.2, 0) is 10.2 Å². The molecule has 0 aromatic heterocycles. The van der Waals surface area contributed by atoms with Crippen molar-refractivity contribution in [1.29, 1.82) is 0 Å². The van der Waals surface area contributed by atoms with E-state index < -0.39 is 0 Å². The first-order valence-corrected chi connectivity index (χ1v) is 12.0. The van der Waals surface area contributed by atoms with Crippen molar-refractivity contribution in [2.75, 3.05) is 6.54 Å².